The van der Waals surface area contributed by atoms with Crippen molar-refractivity contribution in [3.05, 3.63) is 35.9 Å². The smallest absolute Gasteiger partial charge is 0.408 e. The van der Waals surface area contributed by atoms with Crippen molar-refractivity contribution in [2.24, 2.45) is 0 Å². The number of rotatable bonds is 4. The van der Waals surface area contributed by atoms with Crippen LogP contribution in [0, 0.1) is 0 Å². The Kier molecular flexibility index (Phi) is 5.15. The topological polar surface area (TPSA) is 95.9 Å². The summed E-state index contributed by atoms with van der Waals surface area (Å²) in [5.41, 5.74) is 0.703. The Morgan fingerprint density at radius 2 is 2.00 bits per heavy atom. The molecule has 1 fully saturated rings. The Morgan fingerprint density at radius 1 is 1.35 bits per heavy atom. The first kappa shape index (κ1) is 16.7. The third-order valence-corrected chi connectivity index (χ3v) is 3.51. The van der Waals surface area contributed by atoms with E-state index in [4.69, 9.17) is 9.84 Å². The van der Waals surface area contributed by atoms with Gasteiger partial charge in [-0.3, -0.25) is 9.69 Å². The molecule has 8 heteroatoms. The zero-order valence-electron chi connectivity index (χ0n) is 12.4. The predicted molar refractivity (Wildman–Crippen MR) is 77.3 cm³/mol. The summed E-state index contributed by atoms with van der Waals surface area (Å²) < 4.78 is 19.4. The van der Waals surface area contributed by atoms with Crippen molar-refractivity contribution < 1.29 is 28.6 Å². The number of hydrogen-bond donors (Lipinski definition) is 2. The number of esters is 1. The first-order chi connectivity index (χ1) is 10.9. The minimum absolute atomic E-state index is 0.0822. The number of benzene rings is 1. The number of alkyl halides is 1. The van der Waals surface area contributed by atoms with Crippen LogP contribution in [0.5, 0.6) is 0 Å². The van der Waals surface area contributed by atoms with Crippen LogP contribution in [0.4, 0.5) is 9.18 Å². The van der Waals surface area contributed by atoms with Gasteiger partial charge < -0.3 is 15.2 Å². The van der Waals surface area contributed by atoms with E-state index in [1.165, 1.54) is 6.92 Å². The summed E-state index contributed by atoms with van der Waals surface area (Å²) >= 11 is 0. The maximum atomic E-state index is 14.4. The van der Waals surface area contributed by atoms with Crippen LogP contribution >= 0.6 is 0 Å². The fourth-order valence-electron chi connectivity index (χ4n) is 2.47. The van der Waals surface area contributed by atoms with E-state index in [0.29, 0.717) is 10.5 Å². The number of likely N-dealkylation sites (tertiary alicyclic amines) is 1. The molecule has 1 aromatic carbocycles. The fraction of sp³-hybridized carbons (Fsp3) is 0.400. The molecule has 0 aliphatic carbocycles. The molecule has 2 rings (SSSR count). The molecule has 23 heavy (non-hydrogen) atoms. The molecule has 1 aliphatic rings. The number of halogens is 1. The minimum Gasteiger partial charge on any atom is -0.465 e. The highest BCUT2D eigenvalue weighted by molar-refractivity contribution is 5.83. The molecule has 3 atom stereocenters. The number of nitrogens with one attached hydrogen (secondary N) is 1. The molecule has 0 spiro atoms. The largest absolute Gasteiger partial charge is 0.465 e. The van der Waals surface area contributed by atoms with E-state index in [-0.39, 0.29) is 13.2 Å². The summed E-state index contributed by atoms with van der Waals surface area (Å²) in [6.45, 7) is 0.807. The van der Waals surface area contributed by atoms with E-state index in [1.807, 2.05) is 0 Å². The second-order valence-electron chi connectivity index (χ2n) is 5.22. The third-order valence-electron chi connectivity index (χ3n) is 3.51. The highest BCUT2D eigenvalue weighted by Gasteiger charge is 2.50. The molecule has 1 heterocycles. The SMILES string of the molecule is CC(=O)N[C@@H]1CN(C(=O)O)[C@H](C(=O)OCc2ccccc2)[C@H]1F. The molecular formula is C15H17FN2O5. The molecule has 124 valence electrons. The van der Waals surface area contributed by atoms with Crippen LogP contribution in [0.1, 0.15) is 12.5 Å². The molecule has 0 saturated carbocycles. The van der Waals surface area contributed by atoms with E-state index in [1.54, 1.807) is 30.3 Å². The molecule has 0 aromatic heterocycles. The van der Waals surface area contributed by atoms with E-state index in [0.717, 1.165) is 0 Å². The van der Waals surface area contributed by atoms with E-state index in [2.05, 4.69) is 5.32 Å². The first-order valence-corrected chi connectivity index (χ1v) is 7.01. The minimum atomic E-state index is -1.86. The van der Waals surface area contributed by atoms with E-state index >= 15 is 0 Å². The number of nitrogens with zero attached hydrogens (tertiary/aromatic N) is 1. The molecule has 1 saturated heterocycles. The Labute approximate surface area is 132 Å². The quantitative estimate of drug-likeness (QED) is 0.804. The predicted octanol–water partition coefficient (Wildman–Crippen LogP) is 0.935. The summed E-state index contributed by atoms with van der Waals surface area (Å²) in [5, 5.41) is 11.4. The van der Waals surface area contributed by atoms with Gasteiger partial charge in [0.1, 0.15) is 6.61 Å². The van der Waals surface area contributed by atoms with Gasteiger partial charge in [-0.15, -0.1) is 0 Å². The normalized spacial score (nSPS) is 23.4. The summed E-state index contributed by atoms with van der Waals surface area (Å²) in [4.78, 5) is 35.0. The van der Waals surface area contributed by atoms with Crippen LogP contribution in [0.3, 0.4) is 0 Å². The standard InChI is InChI=1S/C15H17FN2O5/c1-9(19)17-11-7-18(15(21)22)13(12(11)16)14(20)23-8-10-5-3-2-4-6-10/h2-6,11-13H,7-8H2,1H3,(H,17,19)(H,21,22)/t11-,12+,13+/m1/s1. The lowest BCUT2D eigenvalue weighted by atomic mass is 10.1. The lowest BCUT2D eigenvalue weighted by Crippen LogP contribution is -2.45. The van der Waals surface area contributed by atoms with Crippen molar-refractivity contribution in [2.45, 2.75) is 31.8 Å². The maximum absolute atomic E-state index is 14.4. The molecule has 0 bridgehead atoms. The van der Waals surface area contributed by atoms with Crippen molar-refractivity contribution in [3.63, 3.8) is 0 Å². The number of ether oxygens (including phenoxy) is 1. The molecule has 0 unspecified atom stereocenters. The highest BCUT2D eigenvalue weighted by atomic mass is 19.1. The van der Waals surface area contributed by atoms with Crippen LogP contribution in [-0.4, -0.2) is 52.8 Å². The van der Waals surface area contributed by atoms with Crippen molar-refractivity contribution in [2.75, 3.05) is 6.54 Å². The van der Waals surface area contributed by atoms with Crippen LogP contribution in [0.15, 0.2) is 30.3 Å². The van der Waals surface area contributed by atoms with Gasteiger partial charge in [-0.2, -0.15) is 0 Å². The van der Waals surface area contributed by atoms with Gasteiger partial charge in [0.2, 0.25) is 5.91 Å². The van der Waals surface area contributed by atoms with Gasteiger partial charge >= 0.3 is 12.1 Å². The van der Waals surface area contributed by atoms with Gasteiger partial charge in [0, 0.05) is 13.5 Å². The van der Waals surface area contributed by atoms with Gasteiger partial charge in [-0.25, -0.2) is 14.0 Å². The number of carboxylic acid groups (broad SMARTS) is 1. The van der Waals surface area contributed by atoms with Crippen molar-refractivity contribution in [3.8, 4) is 0 Å². The Hall–Kier alpha value is -2.64. The molecule has 7 nitrogen and oxygen atoms in total. The van der Waals surface area contributed by atoms with E-state index in [9.17, 15) is 18.8 Å². The molecule has 1 aliphatic heterocycles. The average molecular weight is 324 g/mol. The number of amides is 2. The Morgan fingerprint density at radius 3 is 2.57 bits per heavy atom. The lowest BCUT2D eigenvalue weighted by molar-refractivity contribution is -0.151. The number of carbonyl (C=O) groups is 3. The molecular weight excluding hydrogens is 307 g/mol. The van der Waals surface area contributed by atoms with E-state index < -0.39 is 36.2 Å². The Balaban J connectivity index is 2.06. The second-order valence-corrected chi connectivity index (χ2v) is 5.22. The van der Waals surface area contributed by atoms with Gasteiger partial charge in [0.05, 0.1) is 6.04 Å². The van der Waals surface area contributed by atoms with Gasteiger partial charge in [0.25, 0.3) is 0 Å². The summed E-state index contributed by atoms with van der Waals surface area (Å²) in [6, 6.07) is 6.10. The average Bonchev–Trinajstić information content (AvgIpc) is 2.82. The highest BCUT2D eigenvalue weighted by Crippen LogP contribution is 2.23. The molecule has 2 amide bonds. The fourth-order valence-corrected chi connectivity index (χ4v) is 2.47. The van der Waals surface area contributed by atoms with Gasteiger partial charge in [-0.05, 0) is 5.56 Å². The van der Waals surface area contributed by atoms with Crippen molar-refractivity contribution in [1.82, 2.24) is 10.2 Å². The summed E-state index contributed by atoms with van der Waals surface area (Å²) in [7, 11) is 0. The van der Waals surface area contributed by atoms with Crippen molar-refractivity contribution in [1.29, 1.82) is 0 Å². The van der Waals surface area contributed by atoms with Crippen LogP contribution < -0.4 is 5.32 Å². The lowest BCUT2D eigenvalue weighted by Gasteiger charge is -2.20. The number of carbonyl (C=O) groups excluding carboxylic acids is 2. The van der Waals surface area contributed by atoms with Crippen LogP contribution in [0.2, 0.25) is 0 Å². The zero-order valence-corrected chi connectivity index (χ0v) is 12.4. The van der Waals surface area contributed by atoms with Crippen LogP contribution in [-0.2, 0) is 20.9 Å². The first-order valence-electron chi connectivity index (χ1n) is 7.01. The monoisotopic (exact) mass is 324 g/mol. The number of hydrogen-bond acceptors (Lipinski definition) is 4. The molecule has 1 aromatic rings. The van der Waals surface area contributed by atoms with Crippen LogP contribution in [0.25, 0.3) is 0 Å². The van der Waals surface area contributed by atoms with Crippen molar-refractivity contribution >= 4 is 18.0 Å². The zero-order chi connectivity index (χ0) is 17.0. The maximum Gasteiger partial charge on any atom is 0.408 e. The third kappa shape index (κ3) is 3.97. The van der Waals surface area contributed by atoms with Gasteiger partial charge in [-0.1, -0.05) is 30.3 Å². The second kappa shape index (κ2) is 7.08. The van der Waals surface area contributed by atoms with Gasteiger partial charge in [0.15, 0.2) is 12.2 Å². The summed E-state index contributed by atoms with van der Waals surface area (Å²) in [6.07, 6.45) is -3.31. The molecule has 0 radical (unpaired) electrons. The summed E-state index contributed by atoms with van der Waals surface area (Å²) in [5.74, 6) is -1.47. The Bertz CT molecular complexity index is 595. The molecule has 2 N–H and O–H groups in total.